The molecule has 0 unspecified atom stereocenters. The predicted octanol–water partition coefficient (Wildman–Crippen LogP) is 5.01. The smallest absolute Gasteiger partial charge is 0.435 e. The molecule has 0 aliphatic heterocycles. The molecule has 0 atom stereocenters. The molecule has 0 aromatic heterocycles. The van der Waals surface area contributed by atoms with Gasteiger partial charge in [0.05, 0.1) is 5.56 Å². The van der Waals surface area contributed by atoms with Crippen LogP contribution in [0, 0.1) is 14.3 Å². The van der Waals surface area contributed by atoms with Crippen LogP contribution in [0.3, 0.4) is 0 Å². The van der Waals surface area contributed by atoms with Gasteiger partial charge in [-0.25, -0.2) is 4.79 Å². The number of hydrogen-bond donors (Lipinski definition) is 1. The molecule has 27 heavy (non-hydrogen) atoms. The molecule has 0 bridgehead atoms. The molecule has 1 aromatic rings. The van der Waals surface area contributed by atoms with E-state index in [0.717, 1.165) is 6.07 Å². The molecule has 0 radical (unpaired) electrons. The Labute approximate surface area is 202 Å². The Kier molecular flexibility index (Phi) is 8.41. The van der Waals surface area contributed by atoms with E-state index < -0.39 is 45.4 Å². The van der Waals surface area contributed by atoms with Crippen LogP contribution in [0.25, 0.3) is 0 Å². The zero-order valence-electron chi connectivity index (χ0n) is 12.1. The zero-order valence-corrected chi connectivity index (χ0v) is 21.5. The molecule has 1 aromatic carbocycles. The first-order valence-electron chi connectivity index (χ1n) is 5.99. The molecule has 0 spiro atoms. The van der Waals surface area contributed by atoms with Crippen LogP contribution < -0.4 is 0 Å². The van der Waals surface area contributed by atoms with Gasteiger partial charge in [-0.2, -0.15) is 34.8 Å². The van der Waals surface area contributed by atoms with E-state index in [4.69, 9.17) is 4.55 Å². The van der Waals surface area contributed by atoms with Gasteiger partial charge in [0.25, 0.3) is 10.1 Å². The van der Waals surface area contributed by atoms with Crippen molar-refractivity contribution in [3.8, 4) is 0 Å². The van der Waals surface area contributed by atoms with Gasteiger partial charge in [0.1, 0.15) is 5.75 Å². The summed E-state index contributed by atoms with van der Waals surface area (Å²) in [6.45, 7) is 0. The second kappa shape index (κ2) is 8.69. The number of benzene rings is 1. The average Bonchev–Trinajstić information content (AvgIpc) is 2.44. The van der Waals surface area contributed by atoms with E-state index in [9.17, 15) is 39.6 Å². The maximum absolute atomic E-state index is 13.2. The van der Waals surface area contributed by atoms with Crippen LogP contribution in [0.1, 0.15) is 10.4 Å². The van der Waals surface area contributed by atoms with E-state index >= 15 is 0 Å². The summed E-state index contributed by atoms with van der Waals surface area (Å²) in [6, 6.07) is 1.01. The molecule has 0 saturated carbocycles. The monoisotopic (exact) mass is 870 g/mol. The summed E-state index contributed by atoms with van der Waals surface area (Å²) in [7, 11) is -5.83. The van der Waals surface area contributed by atoms with Crippen molar-refractivity contribution in [1.29, 1.82) is 0 Å². The maximum atomic E-state index is 13.2. The number of carbonyl (C=O) groups is 1. The van der Waals surface area contributed by atoms with Crippen LogP contribution in [0.4, 0.5) is 26.3 Å². The number of hydrogen-bond acceptors (Lipinski definition) is 4. The molecule has 1 N–H and O–H groups in total. The van der Waals surface area contributed by atoms with Crippen LogP contribution in [0.15, 0.2) is 6.07 Å². The summed E-state index contributed by atoms with van der Waals surface area (Å²) in [4.78, 5) is 12.2. The first kappa shape index (κ1) is 26.1. The molecule has 0 heterocycles. The molecular weight excluding hydrogens is 866 g/mol. The van der Waals surface area contributed by atoms with Gasteiger partial charge in [-0.1, -0.05) is 0 Å². The maximum Gasteiger partial charge on any atom is 0.438 e. The molecule has 16 heteroatoms. The summed E-state index contributed by atoms with van der Waals surface area (Å²) in [6.07, 6.45) is -12.7. The highest BCUT2D eigenvalue weighted by Crippen LogP contribution is 2.47. The van der Waals surface area contributed by atoms with Crippen LogP contribution in [-0.4, -0.2) is 42.6 Å². The van der Waals surface area contributed by atoms with Gasteiger partial charge >= 0.3 is 23.9 Å². The van der Waals surface area contributed by atoms with Crippen molar-refractivity contribution >= 4 is 106 Å². The summed E-state index contributed by atoms with van der Waals surface area (Å²) < 4.78 is 115. The number of esters is 1. The molecule has 0 fully saturated rings. The third kappa shape index (κ3) is 5.83. The first-order chi connectivity index (χ1) is 11.8. The van der Waals surface area contributed by atoms with Crippen molar-refractivity contribution in [3.05, 3.63) is 25.9 Å². The molecular formula is C11H4F6I4O5S. The Balaban J connectivity index is 3.63. The lowest BCUT2D eigenvalue weighted by molar-refractivity contribution is -0.356. The van der Waals surface area contributed by atoms with E-state index in [0.29, 0.717) is 10.7 Å². The largest absolute Gasteiger partial charge is 0.438 e. The standard InChI is InChI=1S/C11H4F6I4O5S/c12-10(13,14)9(11(15,16)17,2-27(23,24)25)26-8(22)3-1-4(18)6(20)7(21)5(3)19/h1H,2H2,(H,23,24,25). The normalized spacial score (nSPS) is 13.6. The van der Waals surface area contributed by atoms with E-state index in [2.05, 4.69) is 4.74 Å². The van der Waals surface area contributed by atoms with Crippen LogP contribution in [0.5, 0.6) is 0 Å². The van der Waals surface area contributed by atoms with E-state index in [1.807, 2.05) is 22.6 Å². The lowest BCUT2D eigenvalue weighted by Gasteiger charge is -2.35. The summed E-state index contributed by atoms with van der Waals surface area (Å²) in [5.41, 5.74) is -6.05. The summed E-state index contributed by atoms with van der Waals surface area (Å²) in [5.74, 6) is -4.96. The minimum atomic E-state index is -6.37. The SMILES string of the molecule is O=C(OC(CS(=O)(=O)O)(C(F)(F)F)C(F)(F)F)c1cc(I)c(I)c(I)c1I. The molecule has 0 aliphatic carbocycles. The summed E-state index contributed by atoms with van der Waals surface area (Å²) >= 11 is 6.85. The fourth-order valence-electron chi connectivity index (χ4n) is 1.66. The third-order valence-electron chi connectivity index (χ3n) is 2.89. The highest BCUT2D eigenvalue weighted by molar-refractivity contribution is 14.1. The first-order valence-corrected chi connectivity index (χ1v) is 11.9. The van der Waals surface area contributed by atoms with Crippen molar-refractivity contribution in [2.24, 2.45) is 0 Å². The van der Waals surface area contributed by atoms with Crippen LogP contribution >= 0.6 is 90.4 Å². The van der Waals surface area contributed by atoms with Crippen LogP contribution in [0.2, 0.25) is 0 Å². The molecule has 5 nitrogen and oxygen atoms in total. The quantitative estimate of drug-likeness (QED) is 0.115. The van der Waals surface area contributed by atoms with Crippen molar-refractivity contribution in [3.63, 3.8) is 0 Å². The van der Waals surface area contributed by atoms with Crippen LogP contribution in [-0.2, 0) is 14.9 Å². The van der Waals surface area contributed by atoms with Gasteiger partial charge in [-0.05, 0) is 96.4 Å². The predicted molar refractivity (Wildman–Crippen MR) is 114 cm³/mol. The van der Waals surface area contributed by atoms with Gasteiger partial charge in [0, 0.05) is 14.3 Å². The third-order valence-corrected chi connectivity index (χ3v) is 10.9. The number of halogens is 10. The Morgan fingerprint density at radius 3 is 1.78 bits per heavy atom. The van der Waals surface area contributed by atoms with Crippen molar-refractivity contribution in [1.82, 2.24) is 0 Å². The molecule has 0 saturated heterocycles. The van der Waals surface area contributed by atoms with E-state index in [1.165, 1.54) is 22.6 Å². The Morgan fingerprint density at radius 1 is 0.963 bits per heavy atom. The van der Waals surface area contributed by atoms with Crippen molar-refractivity contribution < 1.29 is 48.8 Å². The molecule has 1 rings (SSSR count). The minimum absolute atomic E-state index is 0.0214. The van der Waals surface area contributed by atoms with E-state index in [1.54, 1.807) is 45.2 Å². The second-order valence-electron chi connectivity index (χ2n) is 4.79. The zero-order chi connectivity index (χ0) is 21.6. The van der Waals surface area contributed by atoms with Gasteiger partial charge in [-0.15, -0.1) is 0 Å². The highest BCUT2D eigenvalue weighted by atomic mass is 127. The topological polar surface area (TPSA) is 80.7 Å². The average molecular weight is 870 g/mol. The van der Waals surface area contributed by atoms with Gasteiger partial charge in [-0.3, -0.25) is 4.55 Å². The summed E-state index contributed by atoms with van der Waals surface area (Å²) in [5, 5.41) is 0. The minimum Gasteiger partial charge on any atom is -0.435 e. The molecule has 0 amide bonds. The van der Waals surface area contributed by atoms with E-state index in [-0.39, 0.29) is 3.57 Å². The Bertz CT molecular complexity index is 853. The van der Waals surface area contributed by atoms with Gasteiger partial charge < -0.3 is 4.74 Å². The lowest BCUT2D eigenvalue weighted by atomic mass is 10.1. The number of ether oxygens (including phenoxy) is 1. The fourth-order valence-corrected chi connectivity index (χ4v) is 5.83. The Hall–Kier alpha value is 1.10. The van der Waals surface area contributed by atoms with Gasteiger partial charge in [0.15, 0.2) is 0 Å². The molecule has 154 valence electrons. The Morgan fingerprint density at radius 2 is 1.41 bits per heavy atom. The number of rotatable bonds is 4. The van der Waals surface area contributed by atoms with Gasteiger partial charge in [0.2, 0.25) is 0 Å². The molecule has 0 aliphatic rings. The van der Waals surface area contributed by atoms with Crippen molar-refractivity contribution in [2.75, 3.05) is 5.75 Å². The number of alkyl halides is 6. The number of carbonyl (C=O) groups excluding carboxylic acids is 1. The second-order valence-corrected chi connectivity index (χ2v) is 10.6. The fraction of sp³-hybridized carbons (Fsp3) is 0.364. The highest BCUT2D eigenvalue weighted by Gasteiger charge is 2.76. The van der Waals surface area contributed by atoms with Crippen molar-refractivity contribution in [2.45, 2.75) is 18.0 Å². The lowest BCUT2D eigenvalue weighted by Crippen LogP contribution is -2.63.